The second-order valence-corrected chi connectivity index (χ2v) is 5.42. The first kappa shape index (κ1) is 14.6. The molecule has 106 valence electrons. The molecule has 0 aromatic heterocycles. The fourth-order valence-electron chi connectivity index (χ4n) is 1.91. The SMILES string of the molecule is COC1C(Br)CC1Oc1ccc(F)c(C(F)(F)F)c1. The highest BCUT2D eigenvalue weighted by Crippen LogP contribution is 2.37. The van der Waals surface area contributed by atoms with E-state index in [0.717, 1.165) is 6.07 Å². The maximum absolute atomic E-state index is 13.1. The summed E-state index contributed by atoms with van der Waals surface area (Å²) >= 11 is 3.35. The fraction of sp³-hybridized carbons (Fsp3) is 0.500. The lowest BCUT2D eigenvalue weighted by Gasteiger charge is -2.40. The molecule has 2 rings (SSSR count). The lowest BCUT2D eigenvalue weighted by atomic mass is 9.91. The van der Waals surface area contributed by atoms with Crippen LogP contribution < -0.4 is 4.74 Å². The van der Waals surface area contributed by atoms with Gasteiger partial charge in [-0.15, -0.1) is 0 Å². The zero-order valence-corrected chi connectivity index (χ0v) is 11.5. The second-order valence-electron chi connectivity index (χ2n) is 4.25. The molecular formula is C12H11BrF4O2. The molecule has 0 bridgehead atoms. The molecule has 1 aliphatic rings. The Morgan fingerprint density at radius 3 is 2.53 bits per heavy atom. The van der Waals surface area contributed by atoms with Crippen LogP contribution in [-0.2, 0) is 10.9 Å². The normalized spacial score (nSPS) is 26.9. The van der Waals surface area contributed by atoms with Gasteiger partial charge in [-0.2, -0.15) is 13.2 Å². The summed E-state index contributed by atoms with van der Waals surface area (Å²) in [6.07, 6.45) is -4.67. The van der Waals surface area contributed by atoms with Crippen molar-refractivity contribution < 1.29 is 27.0 Å². The lowest BCUT2D eigenvalue weighted by molar-refractivity contribution is -0.140. The molecule has 7 heteroatoms. The van der Waals surface area contributed by atoms with E-state index in [0.29, 0.717) is 12.5 Å². The van der Waals surface area contributed by atoms with Crippen molar-refractivity contribution in [3.63, 3.8) is 0 Å². The molecule has 3 unspecified atom stereocenters. The maximum atomic E-state index is 13.1. The van der Waals surface area contributed by atoms with Crippen LogP contribution in [0.3, 0.4) is 0 Å². The zero-order valence-electron chi connectivity index (χ0n) is 9.88. The van der Waals surface area contributed by atoms with Gasteiger partial charge in [0.05, 0.1) is 5.56 Å². The Morgan fingerprint density at radius 2 is 2.00 bits per heavy atom. The molecular weight excluding hydrogens is 332 g/mol. The van der Waals surface area contributed by atoms with Gasteiger partial charge in [0.1, 0.15) is 23.8 Å². The predicted molar refractivity (Wildman–Crippen MR) is 63.9 cm³/mol. The number of methoxy groups -OCH3 is 1. The molecule has 1 aliphatic carbocycles. The third-order valence-electron chi connectivity index (χ3n) is 2.98. The summed E-state index contributed by atoms with van der Waals surface area (Å²) in [5.41, 5.74) is -1.33. The molecule has 0 heterocycles. The van der Waals surface area contributed by atoms with Gasteiger partial charge in [-0.05, 0) is 18.2 Å². The number of alkyl halides is 4. The number of ether oxygens (including phenoxy) is 2. The Kier molecular flexibility index (Phi) is 4.06. The summed E-state index contributed by atoms with van der Waals surface area (Å²) in [7, 11) is 1.50. The van der Waals surface area contributed by atoms with Gasteiger partial charge in [0.15, 0.2) is 0 Å². The Hall–Kier alpha value is -0.820. The summed E-state index contributed by atoms with van der Waals surface area (Å²) in [6.45, 7) is 0. The molecule has 0 spiro atoms. The highest BCUT2D eigenvalue weighted by Gasteiger charge is 2.42. The Morgan fingerprint density at radius 1 is 1.32 bits per heavy atom. The standard InChI is InChI=1S/C12H11BrF4O2/c1-18-11-8(13)5-10(11)19-6-2-3-9(14)7(4-6)12(15,16)17/h2-4,8,10-11H,5H2,1H3. The number of benzene rings is 1. The van der Waals surface area contributed by atoms with Gasteiger partial charge in [-0.3, -0.25) is 0 Å². The predicted octanol–water partition coefficient (Wildman–Crippen LogP) is 3.77. The smallest absolute Gasteiger partial charge is 0.419 e. The van der Waals surface area contributed by atoms with Crippen molar-refractivity contribution in [1.82, 2.24) is 0 Å². The highest BCUT2D eigenvalue weighted by molar-refractivity contribution is 9.09. The largest absolute Gasteiger partial charge is 0.488 e. The van der Waals surface area contributed by atoms with Crippen LogP contribution in [0.4, 0.5) is 17.6 Å². The summed E-state index contributed by atoms with van der Waals surface area (Å²) in [5.74, 6) is -1.32. The summed E-state index contributed by atoms with van der Waals surface area (Å²) in [6, 6.07) is 2.60. The van der Waals surface area contributed by atoms with Crippen LogP contribution in [0.25, 0.3) is 0 Å². The number of hydrogen-bond donors (Lipinski definition) is 0. The minimum atomic E-state index is -4.73. The van der Waals surface area contributed by atoms with E-state index in [1.807, 2.05) is 0 Å². The van der Waals surface area contributed by atoms with Crippen molar-refractivity contribution in [2.75, 3.05) is 7.11 Å². The van der Waals surface area contributed by atoms with Crippen LogP contribution in [0.5, 0.6) is 5.75 Å². The molecule has 1 aromatic rings. The van der Waals surface area contributed by atoms with Gasteiger partial charge in [0.2, 0.25) is 0 Å². The first-order valence-corrected chi connectivity index (χ1v) is 6.44. The number of hydrogen-bond acceptors (Lipinski definition) is 2. The van der Waals surface area contributed by atoms with E-state index < -0.39 is 17.6 Å². The van der Waals surface area contributed by atoms with Gasteiger partial charge in [-0.25, -0.2) is 4.39 Å². The number of rotatable bonds is 3. The second kappa shape index (κ2) is 5.28. The van der Waals surface area contributed by atoms with Crippen molar-refractivity contribution in [3.8, 4) is 5.75 Å². The van der Waals surface area contributed by atoms with Gasteiger partial charge in [-0.1, -0.05) is 15.9 Å². The fourth-order valence-corrected chi connectivity index (χ4v) is 2.84. The third-order valence-corrected chi connectivity index (χ3v) is 3.88. The molecule has 1 saturated carbocycles. The molecule has 0 N–H and O–H groups in total. The van der Waals surface area contributed by atoms with Gasteiger partial charge < -0.3 is 9.47 Å². The first-order chi connectivity index (χ1) is 8.82. The van der Waals surface area contributed by atoms with Crippen LogP contribution in [0.15, 0.2) is 18.2 Å². The molecule has 1 fully saturated rings. The van der Waals surface area contributed by atoms with Crippen LogP contribution in [0.1, 0.15) is 12.0 Å². The van der Waals surface area contributed by atoms with Crippen molar-refractivity contribution in [2.24, 2.45) is 0 Å². The maximum Gasteiger partial charge on any atom is 0.419 e. The summed E-state index contributed by atoms with van der Waals surface area (Å²) < 4.78 is 61.2. The Labute approximate surface area is 115 Å². The first-order valence-electron chi connectivity index (χ1n) is 5.53. The third kappa shape index (κ3) is 3.02. The van der Waals surface area contributed by atoms with Crippen molar-refractivity contribution in [2.45, 2.75) is 29.6 Å². The average molecular weight is 343 g/mol. The van der Waals surface area contributed by atoms with Crippen molar-refractivity contribution >= 4 is 15.9 Å². The van der Waals surface area contributed by atoms with Crippen LogP contribution in [-0.4, -0.2) is 24.1 Å². The molecule has 0 aliphatic heterocycles. The molecule has 0 radical (unpaired) electrons. The van der Waals surface area contributed by atoms with E-state index in [1.54, 1.807) is 0 Å². The monoisotopic (exact) mass is 342 g/mol. The lowest BCUT2D eigenvalue weighted by Crippen LogP contribution is -2.51. The summed E-state index contributed by atoms with van der Waals surface area (Å²) in [4.78, 5) is 0.116. The van der Waals surface area contributed by atoms with Crippen molar-refractivity contribution in [3.05, 3.63) is 29.6 Å². The minimum Gasteiger partial charge on any atom is -0.488 e. The van der Waals surface area contributed by atoms with E-state index >= 15 is 0 Å². The zero-order chi connectivity index (χ0) is 14.2. The topological polar surface area (TPSA) is 18.5 Å². The van der Waals surface area contributed by atoms with Crippen LogP contribution in [0.2, 0.25) is 0 Å². The Balaban J connectivity index is 2.14. The average Bonchev–Trinajstić information content (AvgIpc) is 2.29. The Bertz CT molecular complexity index is 464. The highest BCUT2D eigenvalue weighted by atomic mass is 79.9. The molecule has 19 heavy (non-hydrogen) atoms. The van der Waals surface area contributed by atoms with E-state index in [-0.39, 0.29) is 22.8 Å². The van der Waals surface area contributed by atoms with E-state index in [4.69, 9.17) is 9.47 Å². The number of halogens is 5. The van der Waals surface area contributed by atoms with Crippen LogP contribution in [0, 0.1) is 5.82 Å². The summed E-state index contributed by atoms with van der Waals surface area (Å²) in [5, 5.41) is 0. The van der Waals surface area contributed by atoms with E-state index in [9.17, 15) is 17.6 Å². The van der Waals surface area contributed by atoms with E-state index in [2.05, 4.69) is 15.9 Å². The van der Waals surface area contributed by atoms with Gasteiger partial charge in [0, 0.05) is 18.4 Å². The quantitative estimate of drug-likeness (QED) is 0.614. The molecule has 3 atom stereocenters. The molecule has 1 aromatic carbocycles. The van der Waals surface area contributed by atoms with E-state index in [1.165, 1.54) is 13.2 Å². The molecule has 0 saturated heterocycles. The van der Waals surface area contributed by atoms with Gasteiger partial charge >= 0.3 is 6.18 Å². The van der Waals surface area contributed by atoms with Crippen molar-refractivity contribution in [1.29, 1.82) is 0 Å². The molecule has 0 amide bonds. The van der Waals surface area contributed by atoms with Crippen LogP contribution >= 0.6 is 15.9 Å². The van der Waals surface area contributed by atoms with Gasteiger partial charge in [0.25, 0.3) is 0 Å². The molecule has 2 nitrogen and oxygen atoms in total. The minimum absolute atomic E-state index is 0.0137.